The van der Waals surface area contributed by atoms with E-state index in [0.29, 0.717) is 48.3 Å². The zero-order valence-electron chi connectivity index (χ0n) is 22.7. The number of piperidine rings is 1. The molecule has 0 bridgehead atoms. The zero-order valence-corrected chi connectivity index (χ0v) is 22.7. The summed E-state index contributed by atoms with van der Waals surface area (Å²) >= 11 is 0. The van der Waals surface area contributed by atoms with Gasteiger partial charge in [-0.1, -0.05) is 13.0 Å². The molecule has 0 amide bonds. The standard InChI is InChI=1S/C30H31F6NO4/c1-17(27(39)40-2)26(18-3-4-18)19-5-7-22-24(38)15-28(41-25(22)14-19)9-11-37(12-10-28)16-20-13-21(29(31,32)33)6-8-23(20)30(34,35)36/h5-8,13-14,17-18,26H,3-4,9-12,15-16H2,1-2H3/t17-,26+/m1/s1. The molecule has 1 aliphatic carbocycles. The van der Waals surface area contributed by atoms with Crippen LogP contribution in [0.2, 0.25) is 0 Å². The Balaban J connectivity index is 1.33. The Bertz CT molecular complexity index is 1330. The van der Waals surface area contributed by atoms with Crippen LogP contribution in [0.25, 0.3) is 0 Å². The van der Waals surface area contributed by atoms with E-state index in [1.807, 2.05) is 19.1 Å². The van der Waals surface area contributed by atoms with Crippen LogP contribution in [-0.4, -0.2) is 42.5 Å². The predicted molar refractivity (Wildman–Crippen MR) is 136 cm³/mol. The number of benzene rings is 2. The molecule has 1 spiro atoms. The Morgan fingerprint density at radius 2 is 1.73 bits per heavy atom. The maximum atomic E-state index is 13.6. The van der Waals surface area contributed by atoms with Crippen molar-refractivity contribution in [2.75, 3.05) is 20.2 Å². The molecule has 41 heavy (non-hydrogen) atoms. The first-order valence-electron chi connectivity index (χ1n) is 13.6. The number of carbonyl (C=O) groups excluding carboxylic acids is 2. The summed E-state index contributed by atoms with van der Waals surface area (Å²) in [5, 5.41) is 0. The topological polar surface area (TPSA) is 55.8 Å². The smallest absolute Gasteiger partial charge is 0.416 e. The fraction of sp³-hybridized carbons (Fsp3) is 0.533. The van der Waals surface area contributed by atoms with E-state index in [1.54, 1.807) is 11.0 Å². The van der Waals surface area contributed by atoms with Gasteiger partial charge in [0.25, 0.3) is 0 Å². The minimum atomic E-state index is -4.79. The quantitative estimate of drug-likeness (QED) is 0.270. The number of hydrogen-bond acceptors (Lipinski definition) is 5. The lowest BCUT2D eigenvalue weighted by atomic mass is 9.80. The van der Waals surface area contributed by atoms with Crippen LogP contribution in [-0.2, 0) is 28.4 Å². The van der Waals surface area contributed by atoms with Crippen LogP contribution in [0.15, 0.2) is 36.4 Å². The van der Waals surface area contributed by atoms with E-state index in [1.165, 1.54) is 7.11 Å². The van der Waals surface area contributed by atoms with E-state index < -0.39 is 34.6 Å². The van der Waals surface area contributed by atoms with E-state index in [2.05, 4.69) is 0 Å². The summed E-state index contributed by atoms with van der Waals surface area (Å²) in [6.07, 6.45) is -6.81. The van der Waals surface area contributed by atoms with Gasteiger partial charge < -0.3 is 9.47 Å². The van der Waals surface area contributed by atoms with E-state index >= 15 is 0 Å². The fourth-order valence-corrected chi connectivity index (χ4v) is 6.29. The Kier molecular flexibility index (Phi) is 7.63. The lowest BCUT2D eigenvalue weighted by Crippen LogP contribution is -2.50. The maximum Gasteiger partial charge on any atom is 0.416 e. The molecule has 5 rings (SSSR count). The number of nitrogens with zero attached hydrogens (tertiary/aromatic N) is 1. The highest BCUT2D eigenvalue weighted by molar-refractivity contribution is 6.00. The van der Waals surface area contributed by atoms with Crippen molar-refractivity contribution in [3.8, 4) is 5.75 Å². The lowest BCUT2D eigenvalue weighted by Gasteiger charge is -2.44. The number of methoxy groups -OCH3 is 1. The first-order chi connectivity index (χ1) is 19.2. The molecule has 0 radical (unpaired) electrons. The average molecular weight is 584 g/mol. The largest absolute Gasteiger partial charge is 0.486 e. The first kappa shape index (κ1) is 29.4. The Hall–Kier alpha value is -3.08. The third kappa shape index (κ3) is 6.10. The number of fused-ring (bicyclic) bond motifs is 1. The Morgan fingerprint density at radius 3 is 2.32 bits per heavy atom. The van der Waals surface area contributed by atoms with Crippen LogP contribution >= 0.6 is 0 Å². The number of halogens is 6. The molecule has 0 aromatic heterocycles. The van der Waals surface area contributed by atoms with Gasteiger partial charge in [0.2, 0.25) is 0 Å². The summed E-state index contributed by atoms with van der Waals surface area (Å²) < 4.78 is 91.8. The number of ether oxygens (including phenoxy) is 2. The molecule has 222 valence electrons. The fourth-order valence-electron chi connectivity index (χ4n) is 6.29. The van der Waals surface area contributed by atoms with Gasteiger partial charge >= 0.3 is 18.3 Å². The number of hydrogen-bond donors (Lipinski definition) is 0. The highest BCUT2D eigenvalue weighted by atomic mass is 19.4. The van der Waals surface area contributed by atoms with Crippen LogP contribution < -0.4 is 4.74 Å². The summed E-state index contributed by atoms with van der Waals surface area (Å²) in [6.45, 7) is 2.02. The summed E-state index contributed by atoms with van der Waals surface area (Å²) in [5.74, 6) is -0.119. The van der Waals surface area contributed by atoms with Crippen LogP contribution in [0.4, 0.5) is 26.3 Å². The number of carbonyl (C=O) groups is 2. The monoisotopic (exact) mass is 583 g/mol. The van der Waals surface area contributed by atoms with Crippen molar-refractivity contribution in [1.29, 1.82) is 0 Å². The van der Waals surface area contributed by atoms with Crippen molar-refractivity contribution in [1.82, 2.24) is 4.90 Å². The van der Waals surface area contributed by atoms with Gasteiger partial charge in [0.15, 0.2) is 5.78 Å². The molecular formula is C30H31F6NO4. The van der Waals surface area contributed by atoms with Gasteiger partial charge in [-0.3, -0.25) is 14.5 Å². The second kappa shape index (κ2) is 10.6. The average Bonchev–Trinajstić information content (AvgIpc) is 3.73. The van der Waals surface area contributed by atoms with Crippen molar-refractivity contribution in [2.24, 2.45) is 11.8 Å². The molecule has 2 aromatic carbocycles. The maximum absolute atomic E-state index is 13.6. The number of likely N-dealkylation sites (tertiary alicyclic amines) is 1. The number of Topliss-reactive ketones (excluding diaryl/α,β-unsaturated/α-hetero) is 1. The van der Waals surface area contributed by atoms with Crippen LogP contribution in [0.1, 0.15) is 77.6 Å². The molecular weight excluding hydrogens is 552 g/mol. The second-order valence-corrected chi connectivity index (χ2v) is 11.5. The Morgan fingerprint density at radius 1 is 1.05 bits per heavy atom. The molecule has 0 unspecified atom stereocenters. The molecule has 0 N–H and O–H groups in total. The van der Waals surface area contributed by atoms with Crippen molar-refractivity contribution < 1.29 is 45.4 Å². The van der Waals surface area contributed by atoms with Gasteiger partial charge in [0.1, 0.15) is 11.4 Å². The van der Waals surface area contributed by atoms with Crippen molar-refractivity contribution in [2.45, 2.75) is 69.4 Å². The van der Waals surface area contributed by atoms with Gasteiger partial charge in [-0.05, 0) is 66.1 Å². The molecule has 5 nitrogen and oxygen atoms in total. The predicted octanol–water partition coefficient (Wildman–Crippen LogP) is 7.03. The van der Waals surface area contributed by atoms with E-state index in [4.69, 9.17) is 9.47 Å². The molecule has 2 atom stereocenters. The van der Waals surface area contributed by atoms with Crippen molar-refractivity contribution >= 4 is 11.8 Å². The number of alkyl halides is 6. The van der Waals surface area contributed by atoms with E-state index in [-0.39, 0.29) is 49.6 Å². The normalized spacial score (nSPS) is 20.7. The molecule has 1 saturated carbocycles. The molecule has 1 saturated heterocycles. The van der Waals surface area contributed by atoms with Crippen LogP contribution in [0.3, 0.4) is 0 Å². The molecule has 2 aliphatic heterocycles. The van der Waals surface area contributed by atoms with E-state index in [9.17, 15) is 35.9 Å². The third-order valence-corrected chi connectivity index (χ3v) is 8.64. The SMILES string of the molecule is COC(=O)[C@H](C)[C@H](c1ccc2c(c1)OC1(CCN(Cc3cc(C(F)(F)F)ccc3C(F)(F)F)CC1)CC2=O)C1CC1. The summed E-state index contributed by atoms with van der Waals surface area (Å²) in [5.41, 5.74) is -2.19. The number of esters is 1. The van der Waals surface area contributed by atoms with Crippen LogP contribution in [0, 0.1) is 11.8 Å². The van der Waals surface area contributed by atoms with Gasteiger partial charge in [0.05, 0.1) is 36.1 Å². The van der Waals surface area contributed by atoms with Gasteiger partial charge in [-0.25, -0.2) is 0 Å². The Labute approximate surface area is 233 Å². The number of rotatable bonds is 6. The van der Waals surface area contributed by atoms with Crippen molar-refractivity contribution in [3.05, 3.63) is 64.2 Å². The minimum absolute atomic E-state index is 0.0820. The summed E-state index contributed by atoms with van der Waals surface area (Å²) in [6, 6.07) is 6.90. The molecule has 2 heterocycles. The number of ketones is 1. The van der Waals surface area contributed by atoms with Crippen molar-refractivity contribution in [3.63, 3.8) is 0 Å². The molecule has 11 heteroatoms. The van der Waals surface area contributed by atoms with Gasteiger partial charge in [-0.15, -0.1) is 0 Å². The van der Waals surface area contributed by atoms with Crippen LogP contribution in [0.5, 0.6) is 5.75 Å². The second-order valence-electron chi connectivity index (χ2n) is 11.5. The molecule has 2 aromatic rings. The van der Waals surface area contributed by atoms with Gasteiger partial charge in [0, 0.05) is 32.5 Å². The summed E-state index contributed by atoms with van der Waals surface area (Å²) in [7, 11) is 1.35. The summed E-state index contributed by atoms with van der Waals surface area (Å²) in [4.78, 5) is 27.1. The highest BCUT2D eigenvalue weighted by Gasteiger charge is 2.45. The highest BCUT2D eigenvalue weighted by Crippen LogP contribution is 2.49. The first-order valence-corrected chi connectivity index (χ1v) is 13.6. The third-order valence-electron chi connectivity index (χ3n) is 8.64. The van der Waals surface area contributed by atoms with Gasteiger partial charge in [-0.2, -0.15) is 26.3 Å². The zero-order chi connectivity index (χ0) is 29.7. The van der Waals surface area contributed by atoms with E-state index in [0.717, 1.165) is 18.4 Å². The molecule has 3 aliphatic rings. The molecule has 2 fully saturated rings. The minimum Gasteiger partial charge on any atom is -0.486 e. The lowest BCUT2D eigenvalue weighted by molar-refractivity contribution is -0.146.